The van der Waals surface area contributed by atoms with E-state index in [0.29, 0.717) is 21.3 Å². The molecule has 0 aromatic heterocycles. The minimum atomic E-state index is -0.436. The van der Waals surface area contributed by atoms with Gasteiger partial charge < -0.3 is 10.4 Å². The Morgan fingerprint density at radius 1 is 1.30 bits per heavy atom. The molecule has 5 nitrogen and oxygen atoms in total. The van der Waals surface area contributed by atoms with Gasteiger partial charge in [-0.05, 0) is 47.7 Å². The molecule has 2 N–H and O–H groups in total. The fourth-order valence-electron chi connectivity index (χ4n) is 2.93. The van der Waals surface area contributed by atoms with Crippen LogP contribution in [0.15, 0.2) is 30.3 Å². The van der Waals surface area contributed by atoms with Gasteiger partial charge in [-0.1, -0.05) is 29.3 Å². The Morgan fingerprint density at radius 3 is 2.78 bits per heavy atom. The largest absolute Gasteiger partial charge is 0.392 e. The molecule has 7 heteroatoms. The van der Waals surface area contributed by atoms with Crippen LogP contribution in [0.1, 0.15) is 29.2 Å². The van der Waals surface area contributed by atoms with Crippen molar-refractivity contribution in [1.29, 1.82) is 0 Å². The maximum absolute atomic E-state index is 11.2. The topological polar surface area (TPSA) is 75.4 Å². The number of hydrogen-bond acceptors (Lipinski definition) is 4. The van der Waals surface area contributed by atoms with Crippen LogP contribution in [-0.2, 0) is 13.0 Å². The third kappa shape index (κ3) is 3.00. The second-order valence-electron chi connectivity index (χ2n) is 5.43. The Morgan fingerprint density at radius 2 is 2.09 bits per heavy atom. The van der Waals surface area contributed by atoms with Crippen LogP contribution in [0.4, 0.5) is 11.4 Å². The lowest BCUT2D eigenvalue weighted by atomic mass is 10.1. The molecule has 1 aliphatic carbocycles. The Hall–Kier alpha value is -1.82. The number of anilines is 1. The molecule has 0 aliphatic heterocycles. The number of aliphatic hydroxyl groups is 1. The predicted molar refractivity (Wildman–Crippen MR) is 90.2 cm³/mol. The van der Waals surface area contributed by atoms with Gasteiger partial charge in [0.1, 0.15) is 5.69 Å². The van der Waals surface area contributed by atoms with Crippen LogP contribution in [0.2, 0.25) is 10.0 Å². The maximum atomic E-state index is 11.2. The highest BCUT2D eigenvalue weighted by Crippen LogP contribution is 2.41. The molecule has 0 heterocycles. The summed E-state index contributed by atoms with van der Waals surface area (Å²) in [6.45, 7) is -0.171. The average molecular weight is 353 g/mol. The first kappa shape index (κ1) is 16.1. The average Bonchev–Trinajstić information content (AvgIpc) is 2.94. The minimum Gasteiger partial charge on any atom is -0.392 e. The van der Waals surface area contributed by atoms with Crippen molar-refractivity contribution in [3.63, 3.8) is 0 Å². The fraction of sp³-hybridized carbons (Fsp3) is 0.250. The van der Waals surface area contributed by atoms with Crippen molar-refractivity contribution in [2.75, 3.05) is 5.32 Å². The highest BCUT2D eigenvalue weighted by molar-refractivity contribution is 6.42. The van der Waals surface area contributed by atoms with E-state index in [2.05, 4.69) is 5.32 Å². The van der Waals surface area contributed by atoms with Crippen LogP contribution in [-0.4, -0.2) is 10.0 Å². The summed E-state index contributed by atoms with van der Waals surface area (Å²) in [6, 6.07) is 8.11. The van der Waals surface area contributed by atoms with Crippen molar-refractivity contribution in [3.05, 3.63) is 67.2 Å². The Labute approximate surface area is 143 Å². The standard InChI is InChI=1S/C16H14Cl2N2O3/c17-12-4-2-10-11(16(12)18)3-5-13(10)19-14-7-9(8-21)1-6-15(14)20(22)23/h1-2,4,6-7,13,19,21H,3,5,8H2. The van der Waals surface area contributed by atoms with Crippen molar-refractivity contribution in [1.82, 2.24) is 0 Å². The molecular weight excluding hydrogens is 339 g/mol. The molecule has 120 valence electrons. The number of hydrogen-bond donors (Lipinski definition) is 2. The van der Waals surface area contributed by atoms with Crippen LogP contribution in [0.3, 0.4) is 0 Å². The highest BCUT2D eigenvalue weighted by atomic mass is 35.5. The molecule has 0 radical (unpaired) electrons. The monoisotopic (exact) mass is 352 g/mol. The fourth-order valence-corrected chi connectivity index (χ4v) is 3.37. The Balaban J connectivity index is 1.96. The number of halogens is 2. The van der Waals surface area contributed by atoms with Crippen LogP contribution in [0, 0.1) is 10.1 Å². The quantitative estimate of drug-likeness (QED) is 0.627. The number of rotatable bonds is 4. The van der Waals surface area contributed by atoms with E-state index in [1.807, 2.05) is 6.07 Å². The molecule has 3 rings (SSSR count). The van der Waals surface area contributed by atoms with E-state index in [0.717, 1.165) is 24.0 Å². The molecule has 1 unspecified atom stereocenters. The second-order valence-corrected chi connectivity index (χ2v) is 6.22. The summed E-state index contributed by atoms with van der Waals surface area (Å²) in [6.07, 6.45) is 1.54. The van der Waals surface area contributed by atoms with Crippen molar-refractivity contribution < 1.29 is 10.0 Å². The number of nitro groups is 1. The summed E-state index contributed by atoms with van der Waals surface area (Å²) in [4.78, 5) is 10.8. The lowest BCUT2D eigenvalue weighted by molar-refractivity contribution is -0.384. The lowest BCUT2D eigenvalue weighted by Crippen LogP contribution is -2.09. The van der Waals surface area contributed by atoms with E-state index in [-0.39, 0.29) is 18.3 Å². The minimum absolute atomic E-state index is 0.0179. The van der Waals surface area contributed by atoms with E-state index < -0.39 is 4.92 Å². The number of benzene rings is 2. The molecule has 2 aromatic carbocycles. The van der Waals surface area contributed by atoms with Gasteiger partial charge in [0.15, 0.2) is 0 Å². The van der Waals surface area contributed by atoms with Crippen molar-refractivity contribution in [2.24, 2.45) is 0 Å². The smallest absolute Gasteiger partial charge is 0.292 e. The van der Waals surface area contributed by atoms with Gasteiger partial charge in [-0.25, -0.2) is 0 Å². The lowest BCUT2D eigenvalue weighted by Gasteiger charge is -2.16. The molecule has 0 spiro atoms. The van der Waals surface area contributed by atoms with E-state index in [9.17, 15) is 15.2 Å². The van der Waals surface area contributed by atoms with Crippen LogP contribution >= 0.6 is 23.2 Å². The number of aliphatic hydroxyl groups excluding tert-OH is 1. The summed E-state index contributed by atoms with van der Waals surface area (Å²) in [5.41, 5.74) is 2.98. The molecule has 23 heavy (non-hydrogen) atoms. The van der Waals surface area contributed by atoms with E-state index >= 15 is 0 Å². The number of nitro benzene ring substituents is 1. The molecule has 0 bridgehead atoms. The van der Waals surface area contributed by atoms with Crippen LogP contribution in [0.5, 0.6) is 0 Å². The summed E-state index contributed by atoms with van der Waals surface area (Å²) >= 11 is 12.3. The molecule has 1 aliphatic rings. The van der Waals surface area contributed by atoms with Gasteiger partial charge in [0.05, 0.1) is 27.6 Å². The summed E-state index contributed by atoms with van der Waals surface area (Å²) in [7, 11) is 0. The molecule has 1 atom stereocenters. The normalized spacial score (nSPS) is 16.2. The van der Waals surface area contributed by atoms with E-state index in [4.69, 9.17) is 23.2 Å². The van der Waals surface area contributed by atoms with Gasteiger partial charge in [-0.3, -0.25) is 10.1 Å². The first-order chi connectivity index (χ1) is 11.0. The van der Waals surface area contributed by atoms with Crippen molar-refractivity contribution in [3.8, 4) is 0 Å². The van der Waals surface area contributed by atoms with Crippen molar-refractivity contribution >= 4 is 34.6 Å². The van der Waals surface area contributed by atoms with Gasteiger partial charge in [0.25, 0.3) is 5.69 Å². The van der Waals surface area contributed by atoms with Gasteiger partial charge in [0, 0.05) is 6.07 Å². The summed E-state index contributed by atoms with van der Waals surface area (Å²) in [5, 5.41) is 24.7. The Kier molecular flexibility index (Phi) is 4.43. The van der Waals surface area contributed by atoms with Gasteiger partial charge in [-0.15, -0.1) is 0 Å². The summed E-state index contributed by atoms with van der Waals surface area (Å²) < 4.78 is 0. The predicted octanol–water partition coefficient (Wildman–Crippen LogP) is 4.49. The number of fused-ring (bicyclic) bond motifs is 1. The van der Waals surface area contributed by atoms with E-state index in [1.54, 1.807) is 18.2 Å². The zero-order valence-corrected chi connectivity index (χ0v) is 13.6. The molecule has 2 aromatic rings. The number of nitrogens with zero attached hydrogens (tertiary/aromatic N) is 1. The maximum Gasteiger partial charge on any atom is 0.292 e. The molecule has 0 amide bonds. The third-order valence-electron chi connectivity index (χ3n) is 4.06. The zero-order valence-electron chi connectivity index (χ0n) is 12.1. The molecular formula is C16H14Cl2N2O3. The van der Waals surface area contributed by atoms with Gasteiger partial charge in [-0.2, -0.15) is 0 Å². The molecule has 0 saturated heterocycles. The van der Waals surface area contributed by atoms with Gasteiger partial charge >= 0.3 is 0 Å². The third-order valence-corrected chi connectivity index (χ3v) is 4.90. The summed E-state index contributed by atoms with van der Waals surface area (Å²) in [5.74, 6) is 0. The second kappa shape index (κ2) is 6.35. The molecule has 0 saturated carbocycles. The SMILES string of the molecule is O=[N+]([O-])c1ccc(CO)cc1NC1CCc2c1ccc(Cl)c2Cl. The Bertz CT molecular complexity index is 780. The first-order valence-electron chi connectivity index (χ1n) is 7.12. The van der Waals surface area contributed by atoms with E-state index in [1.165, 1.54) is 6.07 Å². The van der Waals surface area contributed by atoms with Crippen LogP contribution in [0.25, 0.3) is 0 Å². The van der Waals surface area contributed by atoms with Crippen LogP contribution < -0.4 is 5.32 Å². The highest BCUT2D eigenvalue weighted by Gasteiger charge is 2.27. The number of nitrogens with one attached hydrogen (secondary N) is 1. The van der Waals surface area contributed by atoms with Crippen molar-refractivity contribution in [2.45, 2.75) is 25.5 Å². The van der Waals surface area contributed by atoms with Gasteiger partial charge in [0.2, 0.25) is 0 Å². The zero-order chi connectivity index (χ0) is 16.6. The first-order valence-corrected chi connectivity index (χ1v) is 7.88. The molecule has 0 fully saturated rings.